The van der Waals surface area contributed by atoms with Gasteiger partial charge in [0.25, 0.3) is 5.91 Å². The summed E-state index contributed by atoms with van der Waals surface area (Å²) >= 11 is 1.47. The third kappa shape index (κ3) is 5.93. The number of anilines is 1. The molecule has 4 aromatic rings. The highest BCUT2D eigenvalue weighted by atomic mass is 32.2. The lowest BCUT2D eigenvalue weighted by Crippen LogP contribution is -2.16. The van der Waals surface area contributed by atoms with Gasteiger partial charge >= 0.3 is 0 Å². The molecule has 0 aliphatic heterocycles. The summed E-state index contributed by atoms with van der Waals surface area (Å²) in [7, 11) is 1.60. The molecule has 0 bridgehead atoms. The second kappa shape index (κ2) is 11.0. The monoisotopic (exact) mass is 489 g/mol. The highest BCUT2D eigenvalue weighted by molar-refractivity contribution is 7.98. The van der Waals surface area contributed by atoms with E-state index >= 15 is 0 Å². The molecule has 0 unspecified atom stereocenters. The van der Waals surface area contributed by atoms with Crippen molar-refractivity contribution in [1.82, 2.24) is 14.9 Å². The lowest BCUT2D eigenvalue weighted by Gasteiger charge is -2.11. The number of nitrogens with zero attached hydrogens (tertiary/aromatic N) is 3. The summed E-state index contributed by atoms with van der Waals surface area (Å²) in [5, 5.41) is 11.8. The number of hydrogen-bond donors (Lipinski definition) is 2. The van der Waals surface area contributed by atoms with E-state index < -0.39 is 0 Å². The molecule has 35 heavy (non-hydrogen) atoms. The van der Waals surface area contributed by atoms with E-state index in [0.29, 0.717) is 28.0 Å². The average Bonchev–Trinajstić information content (AvgIpc) is 3.22. The summed E-state index contributed by atoms with van der Waals surface area (Å²) in [6, 6.07) is 20.6. The smallest absolute Gasteiger partial charge is 0.255 e. The number of benzene rings is 3. The van der Waals surface area contributed by atoms with Crippen LogP contribution in [0.2, 0.25) is 0 Å². The number of carbonyl (C=O) groups excluding carboxylic acids is 1. The van der Waals surface area contributed by atoms with Crippen molar-refractivity contribution in [2.75, 3.05) is 18.3 Å². The number of thioether (sulfide) groups is 1. The van der Waals surface area contributed by atoms with E-state index in [4.69, 9.17) is 15.3 Å². The lowest BCUT2D eigenvalue weighted by atomic mass is 10.1. The number of aryl methyl sites for hydroxylation is 2. The highest BCUT2D eigenvalue weighted by Gasteiger charge is 2.13. The molecule has 0 saturated carbocycles. The Balaban J connectivity index is 1.31. The molecule has 0 aliphatic rings. The van der Waals surface area contributed by atoms with Gasteiger partial charge in [-0.1, -0.05) is 42.1 Å². The molecule has 8 nitrogen and oxygen atoms in total. The summed E-state index contributed by atoms with van der Waals surface area (Å²) in [5.41, 5.74) is 4.43. The van der Waals surface area contributed by atoms with Gasteiger partial charge in [-0.05, 0) is 66.9 Å². The first-order valence-corrected chi connectivity index (χ1v) is 12.0. The van der Waals surface area contributed by atoms with Crippen molar-refractivity contribution in [2.24, 2.45) is 0 Å². The predicted molar refractivity (Wildman–Crippen MR) is 137 cm³/mol. The van der Waals surface area contributed by atoms with Gasteiger partial charge in [-0.3, -0.25) is 4.79 Å². The molecule has 1 aromatic heterocycles. The van der Waals surface area contributed by atoms with E-state index in [9.17, 15) is 4.79 Å². The van der Waals surface area contributed by atoms with Gasteiger partial charge in [-0.25, -0.2) is 4.68 Å². The average molecular weight is 490 g/mol. The molecule has 3 aromatic carbocycles. The van der Waals surface area contributed by atoms with Crippen LogP contribution in [0.15, 0.2) is 71.9 Å². The number of nitrogens with one attached hydrogen (secondary N) is 1. The zero-order valence-corrected chi connectivity index (χ0v) is 20.6. The zero-order valence-electron chi connectivity index (χ0n) is 19.8. The first kappa shape index (κ1) is 24.2. The Morgan fingerprint density at radius 3 is 2.34 bits per heavy atom. The third-order valence-corrected chi connectivity index (χ3v) is 6.44. The Morgan fingerprint density at radius 1 is 1.00 bits per heavy atom. The number of nitrogens with two attached hydrogens (primary N) is 1. The Hall–Kier alpha value is -3.98. The number of aromatic nitrogens is 3. The minimum absolute atomic E-state index is 0.176. The van der Waals surface area contributed by atoms with Crippen LogP contribution in [0.3, 0.4) is 0 Å². The van der Waals surface area contributed by atoms with Crippen molar-refractivity contribution in [1.29, 1.82) is 0 Å². The highest BCUT2D eigenvalue weighted by Crippen LogP contribution is 2.25. The summed E-state index contributed by atoms with van der Waals surface area (Å²) in [6.07, 6.45) is 0. The number of para-hydroxylation sites is 1. The first-order chi connectivity index (χ1) is 16.9. The van der Waals surface area contributed by atoms with Gasteiger partial charge in [0, 0.05) is 17.0 Å². The fourth-order valence-corrected chi connectivity index (χ4v) is 4.28. The summed E-state index contributed by atoms with van der Waals surface area (Å²) in [4.78, 5) is 12.5. The summed E-state index contributed by atoms with van der Waals surface area (Å²) in [5.74, 6) is 8.76. The fraction of sp³-hybridized carbons (Fsp3) is 0.192. The molecule has 0 saturated heterocycles. The maximum atomic E-state index is 12.5. The largest absolute Gasteiger partial charge is 0.497 e. The Labute approximate surface area is 208 Å². The minimum atomic E-state index is -0.176. The van der Waals surface area contributed by atoms with Gasteiger partial charge in [-0.2, -0.15) is 0 Å². The molecule has 3 N–H and O–H groups in total. The Kier molecular flexibility index (Phi) is 7.57. The van der Waals surface area contributed by atoms with Gasteiger partial charge in [0.05, 0.1) is 7.11 Å². The first-order valence-electron chi connectivity index (χ1n) is 11.0. The van der Waals surface area contributed by atoms with Crippen LogP contribution in [0.5, 0.6) is 11.5 Å². The van der Waals surface area contributed by atoms with Crippen LogP contribution in [-0.2, 0) is 12.4 Å². The molecule has 9 heteroatoms. The van der Waals surface area contributed by atoms with E-state index in [0.717, 1.165) is 28.2 Å². The van der Waals surface area contributed by atoms with Crippen molar-refractivity contribution < 1.29 is 14.3 Å². The van der Waals surface area contributed by atoms with E-state index in [-0.39, 0.29) is 12.5 Å². The molecular weight excluding hydrogens is 462 g/mol. The predicted octanol–water partition coefficient (Wildman–Crippen LogP) is 4.74. The normalized spacial score (nSPS) is 10.7. The van der Waals surface area contributed by atoms with E-state index in [1.807, 2.05) is 44.2 Å². The van der Waals surface area contributed by atoms with Gasteiger partial charge in [0.15, 0.2) is 5.82 Å². The molecule has 0 spiro atoms. The Bertz CT molecular complexity index is 1280. The maximum absolute atomic E-state index is 12.5. The van der Waals surface area contributed by atoms with Crippen molar-refractivity contribution in [3.8, 4) is 11.5 Å². The topological polar surface area (TPSA) is 104 Å². The molecule has 0 atom stereocenters. The van der Waals surface area contributed by atoms with Crippen LogP contribution in [0.4, 0.5) is 5.69 Å². The van der Waals surface area contributed by atoms with Crippen LogP contribution in [0.1, 0.15) is 32.9 Å². The van der Waals surface area contributed by atoms with Crippen molar-refractivity contribution in [3.63, 3.8) is 0 Å². The third-order valence-electron chi connectivity index (χ3n) is 5.42. The number of carbonyl (C=O) groups is 1. The van der Waals surface area contributed by atoms with Gasteiger partial charge < -0.3 is 20.6 Å². The van der Waals surface area contributed by atoms with E-state index in [1.165, 1.54) is 16.4 Å². The number of nitrogen functional groups attached to an aromatic ring is 1. The summed E-state index contributed by atoms with van der Waals surface area (Å²) in [6.45, 7) is 4.24. The second-order valence-electron chi connectivity index (χ2n) is 7.95. The molecule has 4 rings (SSSR count). The fourth-order valence-electron chi connectivity index (χ4n) is 3.45. The molecule has 1 amide bonds. The van der Waals surface area contributed by atoms with Crippen molar-refractivity contribution >= 4 is 23.4 Å². The Morgan fingerprint density at radius 2 is 1.69 bits per heavy atom. The SMILES string of the molecule is COc1ccc(NC(=O)c2ccc(CSc3nnc(COc4c(C)cccc4C)n3N)cc2)cc1. The number of ether oxygens (including phenoxy) is 2. The molecule has 0 fully saturated rings. The van der Waals surface area contributed by atoms with Crippen LogP contribution in [0.25, 0.3) is 0 Å². The van der Waals surface area contributed by atoms with Crippen molar-refractivity contribution in [3.05, 3.63) is 94.8 Å². The second-order valence-corrected chi connectivity index (χ2v) is 8.89. The number of hydrogen-bond acceptors (Lipinski definition) is 7. The summed E-state index contributed by atoms with van der Waals surface area (Å²) < 4.78 is 12.5. The van der Waals surface area contributed by atoms with Crippen LogP contribution >= 0.6 is 11.8 Å². The molecule has 0 radical (unpaired) electrons. The zero-order chi connectivity index (χ0) is 24.8. The van der Waals surface area contributed by atoms with Crippen LogP contribution < -0.4 is 20.6 Å². The standard InChI is InChI=1S/C26H27N5O3S/c1-17-5-4-6-18(2)24(17)34-15-23-29-30-26(31(23)27)35-16-19-7-9-20(10-8-19)25(32)28-21-11-13-22(33-3)14-12-21/h4-14H,15-16,27H2,1-3H3,(H,28,32). The molecular formula is C26H27N5O3S. The van der Waals surface area contributed by atoms with Gasteiger partial charge in [0.1, 0.15) is 18.1 Å². The molecule has 1 heterocycles. The van der Waals surface area contributed by atoms with Crippen LogP contribution in [0, 0.1) is 13.8 Å². The molecule has 180 valence electrons. The maximum Gasteiger partial charge on any atom is 0.255 e. The van der Waals surface area contributed by atoms with E-state index in [2.05, 4.69) is 15.5 Å². The van der Waals surface area contributed by atoms with E-state index in [1.54, 1.807) is 43.5 Å². The quantitative estimate of drug-likeness (QED) is 0.258. The van der Waals surface area contributed by atoms with Crippen molar-refractivity contribution in [2.45, 2.75) is 31.4 Å². The lowest BCUT2D eigenvalue weighted by molar-refractivity contribution is 0.102. The minimum Gasteiger partial charge on any atom is -0.497 e. The molecule has 0 aliphatic carbocycles. The number of methoxy groups -OCH3 is 1. The number of rotatable bonds is 9. The van der Waals surface area contributed by atoms with Gasteiger partial charge in [0.2, 0.25) is 5.16 Å². The van der Waals surface area contributed by atoms with Crippen LogP contribution in [-0.4, -0.2) is 27.9 Å². The number of amides is 1. The van der Waals surface area contributed by atoms with Gasteiger partial charge in [-0.15, -0.1) is 10.2 Å².